The molecule has 1 aliphatic rings. The third kappa shape index (κ3) is 9.20. The zero-order chi connectivity index (χ0) is 40.3. The molecule has 0 radical (unpaired) electrons. The lowest BCUT2D eigenvalue weighted by Gasteiger charge is -2.31. The maximum Gasteiger partial charge on any atom is 0.0464 e. The average molecular weight is 753 g/mol. The van der Waals surface area contributed by atoms with Gasteiger partial charge in [-0.05, 0) is 124 Å². The Morgan fingerprint density at radius 1 is 0.466 bits per heavy atom. The van der Waals surface area contributed by atoms with Crippen LogP contribution in [0.3, 0.4) is 0 Å². The number of anilines is 4. The first-order chi connectivity index (χ1) is 28.5. The van der Waals surface area contributed by atoms with E-state index in [1.165, 1.54) is 60.9 Å². The molecule has 2 nitrogen and oxygen atoms in total. The predicted molar refractivity (Wildman–Crippen MR) is 253 cm³/mol. The zero-order valence-electron chi connectivity index (χ0n) is 34.1. The number of benzene rings is 8. The third-order valence-corrected chi connectivity index (χ3v) is 10.5. The second kappa shape index (κ2) is 18.8. The molecule has 0 N–H and O–H groups in total. The smallest absolute Gasteiger partial charge is 0.0464 e. The largest absolute Gasteiger partial charge is 0.317 e. The summed E-state index contributed by atoms with van der Waals surface area (Å²) in [5, 5.41) is 7.32. The van der Waals surface area contributed by atoms with Gasteiger partial charge in [0.05, 0.1) is 0 Å². The van der Waals surface area contributed by atoms with Crippen molar-refractivity contribution in [1.82, 2.24) is 0 Å². The van der Waals surface area contributed by atoms with Crippen molar-refractivity contribution in [2.75, 3.05) is 9.80 Å². The highest BCUT2D eigenvalue weighted by Gasteiger charge is 2.19. The van der Waals surface area contributed by atoms with Crippen LogP contribution in [-0.2, 0) is 6.42 Å². The Bertz CT molecular complexity index is 2790. The number of rotatable bonds is 7. The molecule has 286 valence electrons. The Morgan fingerprint density at radius 2 is 0.966 bits per heavy atom. The predicted octanol–water partition coefficient (Wildman–Crippen LogP) is 14.0. The number of hydrogen-bond donors (Lipinski definition) is 0. The van der Waals surface area contributed by atoms with Gasteiger partial charge < -0.3 is 9.80 Å². The second-order valence-corrected chi connectivity index (χ2v) is 14.4. The Kier molecular flexibility index (Phi) is 12.8. The van der Waals surface area contributed by atoms with Crippen LogP contribution in [0.5, 0.6) is 0 Å². The minimum absolute atomic E-state index is 1.04. The number of allylic oxidation sites excluding steroid dienone is 2. The summed E-state index contributed by atoms with van der Waals surface area (Å²) in [5.74, 6) is 0. The summed E-state index contributed by atoms with van der Waals surface area (Å²) in [6.45, 7) is 12.1. The van der Waals surface area contributed by atoms with E-state index in [9.17, 15) is 0 Å². The molecule has 0 bridgehead atoms. The molecule has 0 aromatic heterocycles. The van der Waals surface area contributed by atoms with Gasteiger partial charge in [0.15, 0.2) is 0 Å². The van der Waals surface area contributed by atoms with Gasteiger partial charge in [-0.25, -0.2) is 0 Å². The van der Waals surface area contributed by atoms with Crippen LogP contribution in [-0.4, -0.2) is 0 Å². The fraction of sp³-hybridized carbons (Fsp3) is 0.107. The zero-order valence-corrected chi connectivity index (χ0v) is 34.1. The first kappa shape index (κ1) is 39.3. The summed E-state index contributed by atoms with van der Waals surface area (Å²) in [5.41, 5.74) is 11.4. The molecule has 0 amide bonds. The SMILES string of the molecule is C=C/C=c1/cccc/c1=C/N(c1ccc(C)cc1)c1ccc2ccccc2c1.CC.Cc1ccc(N(C2=Cc3ccccc3CC2)c2ccc3ccccc3c2)cc1. The van der Waals surface area contributed by atoms with Crippen molar-refractivity contribution in [2.45, 2.75) is 40.5 Å². The van der Waals surface area contributed by atoms with Crippen molar-refractivity contribution in [3.8, 4) is 0 Å². The van der Waals surface area contributed by atoms with E-state index in [0.29, 0.717) is 0 Å². The van der Waals surface area contributed by atoms with Crippen LogP contribution in [0.4, 0.5) is 22.7 Å². The van der Waals surface area contributed by atoms with Crippen molar-refractivity contribution in [1.29, 1.82) is 0 Å². The Hall–Kier alpha value is -6.90. The summed E-state index contributed by atoms with van der Waals surface area (Å²) >= 11 is 0. The fourth-order valence-corrected chi connectivity index (χ4v) is 7.46. The maximum absolute atomic E-state index is 3.85. The van der Waals surface area contributed by atoms with Gasteiger partial charge in [-0.15, -0.1) is 0 Å². The standard InChI is InChI=1S/2C27H23N.C2H6/c1-20-10-14-25(15-11-20)28(26-16-12-21-6-2-4-8-23(21)18-26)27-17-13-22-7-3-5-9-24(22)19-27;1-3-8-22-9-5-7-12-25(22)20-28(26-16-13-21(2)14-17-26)27-18-15-23-10-4-6-11-24(23)19-27;1-2/h2-12,14-16,18-19H,13,17H2,1H3;3-20H,1H2,2H3;1-2H3/b;22-8-,25-20-;. The van der Waals surface area contributed by atoms with Gasteiger partial charge in [0.1, 0.15) is 0 Å². The van der Waals surface area contributed by atoms with Crippen molar-refractivity contribution >= 4 is 62.6 Å². The molecule has 0 aliphatic heterocycles. The van der Waals surface area contributed by atoms with Crippen molar-refractivity contribution < 1.29 is 0 Å². The minimum Gasteiger partial charge on any atom is -0.317 e. The van der Waals surface area contributed by atoms with E-state index in [1.807, 2.05) is 26.0 Å². The lowest BCUT2D eigenvalue weighted by atomic mass is 9.94. The van der Waals surface area contributed by atoms with Crippen molar-refractivity contribution in [2.24, 2.45) is 0 Å². The summed E-state index contributed by atoms with van der Waals surface area (Å²) in [4.78, 5) is 4.67. The summed E-state index contributed by atoms with van der Waals surface area (Å²) in [7, 11) is 0. The molecular formula is C56H52N2. The number of nitrogens with zero attached hydrogens (tertiary/aromatic N) is 2. The summed E-state index contributed by atoms with van der Waals surface area (Å²) in [6.07, 6.45) is 10.5. The first-order valence-electron chi connectivity index (χ1n) is 20.4. The van der Waals surface area contributed by atoms with Gasteiger partial charge in [0, 0.05) is 34.6 Å². The fourth-order valence-electron chi connectivity index (χ4n) is 7.46. The van der Waals surface area contributed by atoms with Crippen LogP contribution in [0.1, 0.15) is 42.5 Å². The molecule has 2 heteroatoms. The Morgan fingerprint density at radius 3 is 1.60 bits per heavy atom. The molecule has 0 spiro atoms. The van der Waals surface area contributed by atoms with Gasteiger partial charge in [0.2, 0.25) is 0 Å². The van der Waals surface area contributed by atoms with E-state index in [4.69, 9.17) is 0 Å². The molecule has 8 aromatic carbocycles. The highest BCUT2D eigenvalue weighted by Crippen LogP contribution is 2.37. The highest BCUT2D eigenvalue weighted by atomic mass is 15.1. The van der Waals surface area contributed by atoms with Crippen molar-refractivity contribution in [3.05, 3.63) is 233 Å². The van der Waals surface area contributed by atoms with Gasteiger partial charge in [0.25, 0.3) is 0 Å². The molecule has 58 heavy (non-hydrogen) atoms. The topological polar surface area (TPSA) is 6.48 Å². The number of aryl methyl sites for hydroxylation is 3. The molecule has 0 unspecified atom stereocenters. The molecule has 1 aliphatic carbocycles. The van der Waals surface area contributed by atoms with Crippen LogP contribution in [0.25, 0.3) is 39.9 Å². The van der Waals surface area contributed by atoms with E-state index in [1.54, 1.807) is 0 Å². The molecular weight excluding hydrogens is 701 g/mol. The Labute approximate surface area is 344 Å². The van der Waals surface area contributed by atoms with Gasteiger partial charge in [-0.1, -0.05) is 177 Å². The lowest BCUT2D eigenvalue weighted by molar-refractivity contribution is 0.894. The van der Waals surface area contributed by atoms with Crippen LogP contribution in [0, 0.1) is 13.8 Å². The van der Waals surface area contributed by atoms with Gasteiger partial charge in [-0.3, -0.25) is 0 Å². The maximum atomic E-state index is 3.85. The average Bonchev–Trinajstić information content (AvgIpc) is 3.28. The van der Waals surface area contributed by atoms with Crippen molar-refractivity contribution in [3.63, 3.8) is 0 Å². The lowest BCUT2D eigenvalue weighted by Crippen LogP contribution is -2.27. The highest BCUT2D eigenvalue weighted by molar-refractivity contribution is 5.89. The van der Waals surface area contributed by atoms with Gasteiger partial charge >= 0.3 is 0 Å². The van der Waals surface area contributed by atoms with Gasteiger partial charge in [-0.2, -0.15) is 0 Å². The number of hydrogen-bond acceptors (Lipinski definition) is 2. The minimum atomic E-state index is 1.04. The van der Waals surface area contributed by atoms with E-state index in [0.717, 1.165) is 34.7 Å². The molecule has 0 atom stereocenters. The quantitative estimate of drug-likeness (QED) is 0.160. The normalized spacial score (nSPS) is 12.4. The first-order valence-corrected chi connectivity index (χ1v) is 20.4. The number of fused-ring (bicyclic) bond motifs is 3. The Balaban J connectivity index is 0.000000169. The van der Waals surface area contributed by atoms with Crippen LogP contribution >= 0.6 is 0 Å². The van der Waals surface area contributed by atoms with E-state index >= 15 is 0 Å². The molecule has 0 heterocycles. The summed E-state index contributed by atoms with van der Waals surface area (Å²) < 4.78 is 0. The molecule has 9 rings (SSSR count). The van der Waals surface area contributed by atoms with E-state index in [-0.39, 0.29) is 0 Å². The van der Waals surface area contributed by atoms with Crippen LogP contribution < -0.4 is 20.2 Å². The monoisotopic (exact) mass is 752 g/mol. The third-order valence-electron chi connectivity index (χ3n) is 10.5. The van der Waals surface area contributed by atoms with E-state index in [2.05, 4.69) is 224 Å². The van der Waals surface area contributed by atoms with Crippen LogP contribution in [0.2, 0.25) is 0 Å². The second-order valence-electron chi connectivity index (χ2n) is 14.4. The molecule has 0 fully saturated rings. The summed E-state index contributed by atoms with van der Waals surface area (Å²) in [6, 6.07) is 65.0. The van der Waals surface area contributed by atoms with E-state index < -0.39 is 0 Å². The molecule has 0 saturated carbocycles. The van der Waals surface area contributed by atoms with Crippen LogP contribution in [0.15, 0.2) is 200 Å². The molecule has 0 saturated heterocycles. The molecule has 8 aromatic rings.